The van der Waals surface area contributed by atoms with Gasteiger partial charge >= 0.3 is 0 Å². The van der Waals surface area contributed by atoms with Crippen LogP contribution in [0.1, 0.15) is 67.3 Å². The van der Waals surface area contributed by atoms with Gasteiger partial charge in [0.1, 0.15) is 4.70 Å². The number of nitrogens with one attached hydrogen (secondary N) is 1. The van der Waals surface area contributed by atoms with Crippen LogP contribution in [0, 0.1) is 0 Å². The summed E-state index contributed by atoms with van der Waals surface area (Å²) in [6, 6.07) is 9.09. The molecule has 0 radical (unpaired) electrons. The summed E-state index contributed by atoms with van der Waals surface area (Å²) in [7, 11) is 3.78. The van der Waals surface area contributed by atoms with Crippen molar-refractivity contribution in [3.8, 4) is 0 Å². The van der Waals surface area contributed by atoms with E-state index in [1.807, 2.05) is 46.0 Å². The van der Waals surface area contributed by atoms with Crippen LogP contribution in [0.15, 0.2) is 30.3 Å². The molecule has 4 rings (SSSR count). The first-order valence-electron chi connectivity index (χ1n) is 12.5. The minimum Gasteiger partial charge on any atom is -0.391 e. The molecule has 194 valence electrons. The number of thiazole rings is 1. The Bertz CT molecular complexity index is 1220. The van der Waals surface area contributed by atoms with Crippen LogP contribution in [0.25, 0.3) is 10.3 Å². The molecule has 1 saturated carbocycles. The number of aliphatic hydroxyl groups is 1. The molecule has 0 aliphatic heterocycles. The van der Waals surface area contributed by atoms with E-state index in [1.165, 1.54) is 11.3 Å². The highest BCUT2D eigenvalue weighted by atomic mass is 32.1. The van der Waals surface area contributed by atoms with Crippen molar-refractivity contribution in [2.75, 3.05) is 32.5 Å². The first-order valence-corrected chi connectivity index (χ1v) is 13.3. The first kappa shape index (κ1) is 26.2. The van der Waals surface area contributed by atoms with E-state index in [2.05, 4.69) is 20.3 Å². The maximum Gasteiger partial charge on any atom is 0.275 e. The summed E-state index contributed by atoms with van der Waals surface area (Å²) in [5, 5.41) is 18.3. The molecule has 1 aliphatic carbocycles. The number of aromatic nitrogens is 3. The van der Waals surface area contributed by atoms with E-state index in [1.54, 1.807) is 28.8 Å². The van der Waals surface area contributed by atoms with Gasteiger partial charge in [-0.2, -0.15) is 10.1 Å². The maximum absolute atomic E-state index is 13.5. The van der Waals surface area contributed by atoms with Crippen LogP contribution in [0.4, 0.5) is 5.13 Å². The lowest BCUT2D eigenvalue weighted by atomic mass is 9.91. The summed E-state index contributed by atoms with van der Waals surface area (Å²) in [6.07, 6.45) is 3.69. The molecule has 2 N–H and O–H groups in total. The number of rotatable bonds is 7. The van der Waals surface area contributed by atoms with Gasteiger partial charge in [0, 0.05) is 31.7 Å². The molecule has 2 aromatic heterocycles. The standard InChI is InChI=1S/C26H36N6O3S/c1-26(2,3)32-22-21(36-25(27-22)28-23(34)17-11-7-6-8-12-17)20(29-32)24(35)31(5)16-15-30(4)18-13-9-10-14-19(18)33/h6-8,11-12,18-19,33H,9-10,13-16H2,1-5H3,(H,27,28,34)/t18-,19-/m1/s1. The van der Waals surface area contributed by atoms with Crippen molar-refractivity contribution < 1.29 is 14.7 Å². The molecule has 9 nitrogen and oxygen atoms in total. The zero-order chi connectivity index (χ0) is 26.0. The van der Waals surface area contributed by atoms with Crippen LogP contribution in [-0.4, -0.2) is 80.8 Å². The third-order valence-corrected chi connectivity index (χ3v) is 7.68. The number of nitrogens with zero attached hydrogens (tertiary/aromatic N) is 5. The Morgan fingerprint density at radius 2 is 1.83 bits per heavy atom. The third-order valence-electron chi connectivity index (χ3n) is 6.71. The van der Waals surface area contributed by atoms with Crippen molar-refractivity contribution in [1.29, 1.82) is 0 Å². The largest absolute Gasteiger partial charge is 0.391 e. The number of hydrogen-bond acceptors (Lipinski definition) is 7. The Labute approximate surface area is 216 Å². The van der Waals surface area contributed by atoms with Gasteiger partial charge in [0.05, 0.1) is 11.6 Å². The molecule has 0 spiro atoms. The van der Waals surface area contributed by atoms with Crippen molar-refractivity contribution in [2.24, 2.45) is 0 Å². The van der Waals surface area contributed by atoms with Gasteiger partial charge in [-0.25, -0.2) is 4.68 Å². The molecule has 0 bridgehead atoms. The molecule has 2 amide bonds. The van der Waals surface area contributed by atoms with Crippen molar-refractivity contribution >= 4 is 38.6 Å². The summed E-state index contributed by atoms with van der Waals surface area (Å²) in [5.41, 5.74) is 1.05. The second-order valence-electron chi connectivity index (χ2n) is 10.5. The molecule has 36 heavy (non-hydrogen) atoms. The lowest BCUT2D eigenvalue weighted by Crippen LogP contribution is -2.46. The Morgan fingerprint density at radius 3 is 2.50 bits per heavy atom. The summed E-state index contributed by atoms with van der Waals surface area (Å²) >= 11 is 1.26. The normalized spacial score (nSPS) is 18.5. The number of hydrogen-bond donors (Lipinski definition) is 2. The van der Waals surface area contributed by atoms with E-state index >= 15 is 0 Å². The number of carbonyl (C=O) groups is 2. The number of carbonyl (C=O) groups excluding carboxylic acids is 2. The van der Waals surface area contributed by atoms with E-state index in [-0.39, 0.29) is 24.0 Å². The quantitative estimate of drug-likeness (QED) is 0.499. The van der Waals surface area contributed by atoms with Crippen LogP contribution >= 0.6 is 11.3 Å². The van der Waals surface area contributed by atoms with Gasteiger partial charge in [0.15, 0.2) is 16.5 Å². The number of fused-ring (bicyclic) bond motifs is 1. The molecule has 2 heterocycles. The predicted molar refractivity (Wildman–Crippen MR) is 143 cm³/mol. The second kappa shape index (κ2) is 10.7. The fraction of sp³-hybridized carbons (Fsp3) is 0.538. The molecular weight excluding hydrogens is 476 g/mol. The Morgan fingerprint density at radius 1 is 1.14 bits per heavy atom. The van der Waals surface area contributed by atoms with E-state index in [9.17, 15) is 14.7 Å². The van der Waals surface area contributed by atoms with Gasteiger partial charge in [-0.3, -0.25) is 19.8 Å². The molecular formula is C26H36N6O3S. The number of aliphatic hydroxyl groups excluding tert-OH is 1. The molecule has 0 saturated heterocycles. The molecule has 10 heteroatoms. The third kappa shape index (κ3) is 5.61. The predicted octanol–water partition coefficient (Wildman–Crippen LogP) is 3.81. The van der Waals surface area contributed by atoms with Crippen LogP contribution < -0.4 is 5.32 Å². The van der Waals surface area contributed by atoms with Gasteiger partial charge in [0.2, 0.25) is 0 Å². The van der Waals surface area contributed by atoms with Gasteiger partial charge in [0.25, 0.3) is 11.8 Å². The zero-order valence-electron chi connectivity index (χ0n) is 21.7. The molecule has 1 aromatic carbocycles. The fourth-order valence-corrected chi connectivity index (χ4v) is 5.50. The maximum atomic E-state index is 13.5. The monoisotopic (exact) mass is 512 g/mol. The lowest BCUT2D eigenvalue weighted by Gasteiger charge is -2.35. The minimum absolute atomic E-state index is 0.131. The van der Waals surface area contributed by atoms with Gasteiger partial charge in [-0.15, -0.1) is 0 Å². The fourth-order valence-electron chi connectivity index (χ4n) is 4.58. The van der Waals surface area contributed by atoms with Crippen LogP contribution in [0.5, 0.6) is 0 Å². The highest BCUT2D eigenvalue weighted by molar-refractivity contribution is 7.22. The summed E-state index contributed by atoms with van der Waals surface area (Å²) in [6.45, 7) is 7.18. The molecule has 3 aromatic rings. The van der Waals surface area contributed by atoms with Crippen molar-refractivity contribution in [2.45, 2.75) is 64.1 Å². The highest BCUT2D eigenvalue weighted by Gasteiger charge is 2.30. The Balaban J connectivity index is 1.53. The van der Waals surface area contributed by atoms with Gasteiger partial charge in [-0.1, -0.05) is 42.4 Å². The lowest BCUT2D eigenvalue weighted by molar-refractivity contribution is 0.0289. The van der Waals surface area contributed by atoms with Crippen molar-refractivity contribution in [3.05, 3.63) is 41.6 Å². The summed E-state index contributed by atoms with van der Waals surface area (Å²) in [4.78, 5) is 34.6. The van der Waals surface area contributed by atoms with Crippen LogP contribution in [0.3, 0.4) is 0 Å². The van der Waals surface area contributed by atoms with Crippen molar-refractivity contribution in [3.63, 3.8) is 0 Å². The minimum atomic E-state index is -0.401. The molecule has 2 atom stereocenters. The summed E-state index contributed by atoms with van der Waals surface area (Å²) < 4.78 is 2.41. The number of anilines is 1. The van der Waals surface area contributed by atoms with Crippen LogP contribution in [0.2, 0.25) is 0 Å². The average molecular weight is 513 g/mol. The van der Waals surface area contributed by atoms with E-state index in [0.29, 0.717) is 39.8 Å². The zero-order valence-corrected chi connectivity index (χ0v) is 22.5. The summed E-state index contributed by atoms with van der Waals surface area (Å²) in [5.74, 6) is -0.439. The first-order chi connectivity index (χ1) is 17.1. The van der Waals surface area contributed by atoms with E-state index in [4.69, 9.17) is 0 Å². The van der Waals surface area contributed by atoms with Gasteiger partial charge in [-0.05, 0) is 52.8 Å². The molecule has 0 unspecified atom stereocenters. The van der Waals surface area contributed by atoms with E-state index < -0.39 is 5.54 Å². The topological polar surface area (TPSA) is 104 Å². The van der Waals surface area contributed by atoms with E-state index in [0.717, 1.165) is 25.7 Å². The SMILES string of the molecule is CN(CCN(C)[C@@H]1CCCC[C@H]1O)C(=O)c1nn(C(C)(C)C)c2nc(NC(=O)c3ccccc3)sc12. The molecule has 1 fully saturated rings. The van der Waals surface area contributed by atoms with Crippen LogP contribution in [-0.2, 0) is 5.54 Å². The second-order valence-corrected chi connectivity index (χ2v) is 11.5. The number of likely N-dealkylation sites (N-methyl/N-ethyl adjacent to an activating group) is 2. The van der Waals surface area contributed by atoms with Crippen molar-refractivity contribution in [1.82, 2.24) is 24.6 Å². The average Bonchev–Trinajstić information content (AvgIpc) is 3.41. The number of benzene rings is 1. The smallest absolute Gasteiger partial charge is 0.275 e. The van der Waals surface area contributed by atoms with Gasteiger partial charge < -0.3 is 10.0 Å². The molecule has 1 aliphatic rings. The Hall–Kier alpha value is -2.82. The number of amides is 2. The Kier molecular flexibility index (Phi) is 7.77. The highest BCUT2D eigenvalue weighted by Crippen LogP contribution is 2.33.